The lowest BCUT2D eigenvalue weighted by molar-refractivity contribution is 0.0637. The fourth-order valence-corrected chi connectivity index (χ4v) is 5.72. The number of aryl methyl sites for hydroxylation is 1. The van der Waals surface area contributed by atoms with E-state index < -0.39 is 0 Å². The van der Waals surface area contributed by atoms with Crippen LogP contribution in [-0.4, -0.2) is 41.1 Å². The van der Waals surface area contributed by atoms with Gasteiger partial charge in [-0.3, -0.25) is 4.79 Å². The number of carbonyl (C=O) groups excluding carboxylic acids is 1. The smallest absolute Gasteiger partial charge is 0.256 e. The van der Waals surface area contributed by atoms with Gasteiger partial charge < -0.3 is 19.5 Å². The van der Waals surface area contributed by atoms with Crippen molar-refractivity contribution >= 4 is 18.3 Å². The zero-order valence-electron chi connectivity index (χ0n) is 23.8. The maximum Gasteiger partial charge on any atom is 0.256 e. The van der Waals surface area contributed by atoms with Gasteiger partial charge in [0.2, 0.25) is 0 Å². The van der Waals surface area contributed by atoms with E-state index in [9.17, 15) is 4.79 Å². The largest absolute Gasteiger partial charge is 0.489 e. The van der Waals surface area contributed by atoms with Crippen LogP contribution in [0.5, 0.6) is 5.75 Å². The highest BCUT2D eigenvalue weighted by molar-refractivity contribution is 6.01. The van der Waals surface area contributed by atoms with Crippen LogP contribution in [0.1, 0.15) is 27.2 Å². The first-order valence-corrected chi connectivity index (χ1v) is 14.3. The summed E-state index contributed by atoms with van der Waals surface area (Å²) in [7, 11) is 0. The highest BCUT2D eigenvalue weighted by Gasteiger charge is 2.31. The van der Waals surface area contributed by atoms with E-state index in [0.717, 1.165) is 53.5 Å². The predicted molar refractivity (Wildman–Crippen MR) is 172 cm³/mol. The van der Waals surface area contributed by atoms with Crippen LogP contribution in [0.3, 0.4) is 0 Å². The molecule has 0 aliphatic carbocycles. The topological polar surface area (TPSA) is 46.5 Å². The number of aromatic nitrogens is 1. The first-order valence-electron chi connectivity index (χ1n) is 14.3. The Hall–Kier alpha value is -4.32. The Balaban J connectivity index is 0.00000353. The monoisotopic (exact) mass is 577 g/mol. The van der Waals surface area contributed by atoms with Crippen LogP contribution in [0.15, 0.2) is 121 Å². The summed E-state index contributed by atoms with van der Waals surface area (Å²) in [5.74, 6) is 0.836. The number of amides is 1. The maximum atomic E-state index is 14.4. The minimum absolute atomic E-state index is 0. The van der Waals surface area contributed by atoms with Gasteiger partial charge in [0, 0.05) is 42.6 Å². The average Bonchev–Trinajstić information content (AvgIpc) is 3.38. The molecule has 1 aromatic heterocycles. The number of halogens is 1. The molecule has 1 amide bonds. The van der Waals surface area contributed by atoms with E-state index in [2.05, 4.69) is 76.3 Å². The third kappa shape index (κ3) is 6.43. The number of hydrogen-bond acceptors (Lipinski definition) is 3. The molecule has 1 saturated heterocycles. The van der Waals surface area contributed by atoms with Gasteiger partial charge in [-0.2, -0.15) is 0 Å². The SMILES string of the molecule is Cc1cc(C(=O)N2CCNC[C@H]2Cc2ccccc2)c(-c2cccc(OCc3ccccc3)c2)n1-c1ccccc1.Cl. The summed E-state index contributed by atoms with van der Waals surface area (Å²) >= 11 is 0. The number of piperazine rings is 1. The second-order valence-electron chi connectivity index (χ2n) is 10.6. The number of nitrogens with zero attached hydrogens (tertiary/aromatic N) is 2. The third-order valence-corrected chi connectivity index (χ3v) is 7.71. The van der Waals surface area contributed by atoms with Gasteiger partial charge in [-0.25, -0.2) is 0 Å². The molecule has 0 bridgehead atoms. The van der Waals surface area contributed by atoms with E-state index >= 15 is 0 Å². The van der Waals surface area contributed by atoms with Crippen LogP contribution in [0, 0.1) is 6.92 Å². The van der Waals surface area contributed by atoms with E-state index in [1.54, 1.807) is 0 Å². The lowest BCUT2D eigenvalue weighted by atomic mass is 10.0. The van der Waals surface area contributed by atoms with Gasteiger partial charge in [-0.05, 0) is 54.8 Å². The number of para-hydroxylation sites is 1. The van der Waals surface area contributed by atoms with Crippen LogP contribution in [0.25, 0.3) is 16.9 Å². The van der Waals surface area contributed by atoms with Crippen LogP contribution >= 0.6 is 12.4 Å². The van der Waals surface area contributed by atoms with Gasteiger partial charge in [0.25, 0.3) is 5.91 Å². The van der Waals surface area contributed by atoms with Gasteiger partial charge in [0.05, 0.1) is 11.3 Å². The molecule has 1 N–H and O–H groups in total. The minimum atomic E-state index is 0. The molecule has 4 aromatic carbocycles. The van der Waals surface area contributed by atoms with Crippen molar-refractivity contribution in [3.63, 3.8) is 0 Å². The van der Waals surface area contributed by atoms with Crippen LogP contribution in [0.4, 0.5) is 0 Å². The van der Waals surface area contributed by atoms with E-state index in [-0.39, 0.29) is 24.4 Å². The highest BCUT2D eigenvalue weighted by Crippen LogP contribution is 2.34. The highest BCUT2D eigenvalue weighted by atomic mass is 35.5. The molecule has 1 aliphatic heterocycles. The first-order chi connectivity index (χ1) is 20.2. The lowest BCUT2D eigenvalue weighted by Crippen LogP contribution is -2.54. The summed E-state index contributed by atoms with van der Waals surface area (Å²) in [6.45, 7) is 4.79. The Labute approximate surface area is 254 Å². The molecule has 214 valence electrons. The van der Waals surface area contributed by atoms with Gasteiger partial charge >= 0.3 is 0 Å². The fraction of sp³-hybridized carbons (Fsp3) is 0.194. The minimum Gasteiger partial charge on any atom is -0.489 e. The molecule has 1 fully saturated rings. The Morgan fingerprint density at radius 3 is 2.21 bits per heavy atom. The van der Waals surface area contributed by atoms with Crippen molar-refractivity contribution in [2.24, 2.45) is 0 Å². The normalized spacial score (nSPS) is 14.7. The van der Waals surface area contributed by atoms with Crippen molar-refractivity contribution < 1.29 is 9.53 Å². The van der Waals surface area contributed by atoms with Gasteiger partial charge in [0.15, 0.2) is 0 Å². The number of carbonyl (C=O) groups is 1. The second kappa shape index (κ2) is 13.6. The number of rotatable bonds is 8. The quantitative estimate of drug-likeness (QED) is 0.214. The van der Waals surface area contributed by atoms with Crippen molar-refractivity contribution in [1.82, 2.24) is 14.8 Å². The van der Waals surface area contributed by atoms with Gasteiger partial charge in [0.1, 0.15) is 12.4 Å². The number of benzene rings is 4. The molecule has 0 saturated carbocycles. The summed E-state index contributed by atoms with van der Waals surface area (Å²) in [5, 5.41) is 3.50. The van der Waals surface area contributed by atoms with Crippen molar-refractivity contribution in [2.45, 2.75) is 26.0 Å². The zero-order chi connectivity index (χ0) is 28.0. The molecule has 2 heterocycles. The molecule has 0 unspecified atom stereocenters. The molecule has 6 heteroatoms. The van der Waals surface area contributed by atoms with E-state index in [4.69, 9.17) is 4.74 Å². The van der Waals surface area contributed by atoms with Crippen LogP contribution in [0.2, 0.25) is 0 Å². The molecule has 1 atom stereocenters. The lowest BCUT2D eigenvalue weighted by Gasteiger charge is -2.36. The van der Waals surface area contributed by atoms with Crippen LogP contribution in [-0.2, 0) is 13.0 Å². The standard InChI is InChI=1S/C36H35N3O2.ClH/c1-27-22-34(36(40)38-21-20-37-25-32(38)23-28-12-5-2-6-13-28)35(39(27)31-17-9-4-10-18-31)30-16-11-19-33(24-30)41-26-29-14-7-3-8-15-29;/h2-19,22,24,32,37H,20-21,23,25-26H2,1H3;1H/t32-;/m1./s1. The Morgan fingerprint density at radius 2 is 1.50 bits per heavy atom. The summed E-state index contributed by atoms with van der Waals surface area (Å²) in [6, 6.07) is 41.1. The predicted octanol–water partition coefficient (Wildman–Crippen LogP) is 7.11. The summed E-state index contributed by atoms with van der Waals surface area (Å²) in [5.41, 5.74) is 6.94. The number of ether oxygens (including phenoxy) is 1. The maximum absolute atomic E-state index is 14.4. The molecule has 42 heavy (non-hydrogen) atoms. The Kier molecular flexibility index (Phi) is 9.42. The molecular formula is C36H36ClN3O2. The molecular weight excluding hydrogens is 542 g/mol. The molecule has 5 nitrogen and oxygen atoms in total. The van der Waals surface area contributed by atoms with Crippen molar-refractivity contribution in [1.29, 1.82) is 0 Å². The summed E-state index contributed by atoms with van der Waals surface area (Å²) in [4.78, 5) is 16.5. The van der Waals surface area contributed by atoms with Crippen LogP contribution < -0.4 is 10.1 Å². The third-order valence-electron chi connectivity index (χ3n) is 7.71. The fourth-order valence-electron chi connectivity index (χ4n) is 5.72. The summed E-state index contributed by atoms with van der Waals surface area (Å²) < 4.78 is 8.39. The molecule has 0 radical (unpaired) electrons. The van der Waals surface area contributed by atoms with Crippen molar-refractivity contribution in [3.8, 4) is 22.7 Å². The molecule has 1 aliphatic rings. The Bertz CT molecular complexity index is 1600. The number of nitrogens with one attached hydrogen (secondary N) is 1. The zero-order valence-corrected chi connectivity index (χ0v) is 24.6. The van der Waals surface area contributed by atoms with Gasteiger partial charge in [-0.1, -0.05) is 91.0 Å². The van der Waals surface area contributed by atoms with Crippen molar-refractivity contribution in [2.75, 3.05) is 19.6 Å². The molecule has 5 aromatic rings. The van der Waals surface area contributed by atoms with E-state index in [0.29, 0.717) is 18.7 Å². The summed E-state index contributed by atoms with van der Waals surface area (Å²) in [6.07, 6.45) is 0.816. The van der Waals surface area contributed by atoms with Gasteiger partial charge in [-0.15, -0.1) is 12.4 Å². The average molecular weight is 578 g/mol. The van der Waals surface area contributed by atoms with E-state index in [1.807, 2.05) is 66.7 Å². The number of hydrogen-bond donors (Lipinski definition) is 1. The van der Waals surface area contributed by atoms with Crippen molar-refractivity contribution in [3.05, 3.63) is 144 Å². The Morgan fingerprint density at radius 1 is 0.833 bits per heavy atom. The molecule has 6 rings (SSSR count). The first kappa shape index (κ1) is 29.2. The second-order valence-corrected chi connectivity index (χ2v) is 10.6. The molecule has 0 spiro atoms. The van der Waals surface area contributed by atoms with E-state index in [1.165, 1.54) is 5.56 Å².